The molecule has 0 spiro atoms. The highest BCUT2D eigenvalue weighted by Crippen LogP contribution is 1.76. The van der Waals surface area contributed by atoms with Gasteiger partial charge >= 0.3 is 0 Å². The predicted molar refractivity (Wildman–Crippen MR) is 24.3 cm³/mol. The lowest BCUT2D eigenvalue weighted by atomic mass is 10.4. The minimum absolute atomic E-state index is 0.219. The highest BCUT2D eigenvalue weighted by molar-refractivity contribution is 6.18. The standard InChI is InChI=1S/C3H5ClN2/c4-1-3(6)2-5/h3H,1,6H2. The molecule has 0 rings (SSSR count). The molecule has 0 aliphatic rings. The summed E-state index contributed by atoms with van der Waals surface area (Å²) in [7, 11) is 0. The zero-order valence-corrected chi connectivity index (χ0v) is 3.94. The number of alkyl halides is 1. The van der Waals surface area contributed by atoms with Crippen LogP contribution >= 0.6 is 11.6 Å². The van der Waals surface area contributed by atoms with Crippen molar-refractivity contribution in [2.24, 2.45) is 5.73 Å². The summed E-state index contributed by atoms with van der Waals surface area (Å²) < 4.78 is 0. The second-order valence-corrected chi connectivity index (χ2v) is 1.20. The first-order valence-corrected chi connectivity index (χ1v) is 2.06. The summed E-state index contributed by atoms with van der Waals surface area (Å²) in [5.74, 6) is 0.219. The molecule has 0 heterocycles. The average Bonchev–Trinajstić information content (AvgIpc) is 1.65. The summed E-state index contributed by atoms with van der Waals surface area (Å²) in [5, 5.41) is 7.88. The average molecular weight is 105 g/mol. The summed E-state index contributed by atoms with van der Waals surface area (Å²) in [6.07, 6.45) is 0. The Morgan fingerprint density at radius 3 is 2.50 bits per heavy atom. The molecule has 0 radical (unpaired) electrons. The number of hydrogen-bond donors (Lipinski definition) is 1. The quantitative estimate of drug-likeness (QED) is 0.479. The van der Waals surface area contributed by atoms with E-state index in [2.05, 4.69) is 0 Å². The van der Waals surface area contributed by atoms with Crippen molar-refractivity contribution >= 4 is 11.6 Å². The molecule has 0 aliphatic heterocycles. The summed E-state index contributed by atoms with van der Waals surface area (Å²) in [6.45, 7) is 0. The van der Waals surface area contributed by atoms with Gasteiger partial charge in [0.1, 0.15) is 6.04 Å². The number of rotatable bonds is 1. The van der Waals surface area contributed by atoms with Crippen LogP contribution in [0, 0.1) is 11.3 Å². The number of halogens is 1. The van der Waals surface area contributed by atoms with Gasteiger partial charge in [-0.2, -0.15) is 5.26 Å². The zero-order chi connectivity index (χ0) is 4.99. The molecule has 0 aromatic carbocycles. The minimum atomic E-state index is -0.494. The Bertz CT molecular complexity index is 65.7. The molecule has 34 valence electrons. The van der Waals surface area contributed by atoms with E-state index in [4.69, 9.17) is 22.6 Å². The van der Waals surface area contributed by atoms with Crippen molar-refractivity contribution in [3.05, 3.63) is 0 Å². The molecule has 2 N–H and O–H groups in total. The predicted octanol–water partition coefficient (Wildman–Crippen LogP) is 0.0761. The van der Waals surface area contributed by atoms with E-state index in [1.807, 2.05) is 0 Å². The van der Waals surface area contributed by atoms with Gasteiger partial charge in [0.2, 0.25) is 0 Å². The molecule has 2 nitrogen and oxygen atoms in total. The fraction of sp³-hybridized carbons (Fsp3) is 0.667. The van der Waals surface area contributed by atoms with E-state index in [0.717, 1.165) is 0 Å². The SMILES string of the molecule is N#CC(N)CCl. The van der Waals surface area contributed by atoms with Crippen LogP contribution in [-0.4, -0.2) is 11.9 Å². The van der Waals surface area contributed by atoms with E-state index >= 15 is 0 Å². The van der Waals surface area contributed by atoms with Gasteiger partial charge < -0.3 is 5.73 Å². The van der Waals surface area contributed by atoms with Gasteiger partial charge in [0.05, 0.1) is 11.9 Å². The highest BCUT2D eigenvalue weighted by atomic mass is 35.5. The normalized spacial score (nSPS) is 12.8. The first kappa shape index (κ1) is 5.74. The van der Waals surface area contributed by atoms with E-state index < -0.39 is 6.04 Å². The molecule has 0 aromatic heterocycles. The van der Waals surface area contributed by atoms with E-state index in [-0.39, 0.29) is 5.88 Å². The molecular formula is C3H5ClN2. The summed E-state index contributed by atoms with van der Waals surface area (Å²) in [6, 6.07) is 1.27. The topological polar surface area (TPSA) is 49.8 Å². The van der Waals surface area contributed by atoms with E-state index in [1.54, 1.807) is 6.07 Å². The van der Waals surface area contributed by atoms with Crippen LogP contribution in [0.3, 0.4) is 0 Å². The van der Waals surface area contributed by atoms with Gasteiger partial charge in [0, 0.05) is 0 Å². The highest BCUT2D eigenvalue weighted by Gasteiger charge is 1.90. The van der Waals surface area contributed by atoms with Crippen LogP contribution in [0.15, 0.2) is 0 Å². The molecule has 3 heteroatoms. The van der Waals surface area contributed by atoms with Crippen molar-refractivity contribution in [1.29, 1.82) is 5.26 Å². The van der Waals surface area contributed by atoms with Crippen LogP contribution in [0.2, 0.25) is 0 Å². The number of hydrogen-bond acceptors (Lipinski definition) is 2. The Labute approximate surface area is 41.5 Å². The third-order valence-electron chi connectivity index (χ3n) is 0.332. The summed E-state index contributed by atoms with van der Waals surface area (Å²) in [4.78, 5) is 0. The van der Waals surface area contributed by atoms with Crippen LogP contribution in [0.1, 0.15) is 0 Å². The fourth-order valence-corrected chi connectivity index (χ4v) is 0.104. The van der Waals surface area contributed by atoms with Gasteiger partial charge in [-0.1, -0.05) is 0 Å². The molecule has 0 aliphatic carbocycles. The van der Waals surface area contributed by atoms with Crippen molar-refractivity contribution < 1.29 is 0 Å². The second kappa shape index (κ2) is 2.95. The lowest BCUT2D eigenvalue weighted by Gasteiger charge is -1.86. The first-order chi connectivity index (χ1) is 2.81. The molecule has 0 amide bonds. The van der Waals surface area contributed by atoms with Crippen LogP contribution in [-0.2, 0) is 0 Å². The van der Waals surface area contributed by atoms with Crippen molar-refractivity contribution in [2.75, 3.05) is 5.88 Å². The molecule has 0 fully saturated rings. The van der Waals surface area contributed by atoms with Crippen LogP contribution < -0.4 is 5.73 Å². The maximum Gasteiger partial charge on any atom is 0.106 e. The largest absolute Gasteiger partial charge is 0.315 e. The molecule has 6 heavy (non-hydrogen) atoms. The van der Waals surface area contributed by atoms with E-state index in [1.165, 1.54) is 0 Å². The zero-order valence-electron chi connectivity index (χ0n) is 3.19. The first-order valence-electron chi connectivity index (χ1n) is 1.52. The van der Waals surface area contributed by atoms with Crippen LogP contribution in [0.25, 0.3) is 0 Å². The monoisotopic (exact) mass is 104 g/mol. The van der Waals surface area contributed by atoms with Crippen molar-refractivity contribution in [3.63, 3.8) is 0 Å². The molecule has 1 unspecified atom stereocenters. The maximum absolute atomic E-state index is 7.88. The van der Waals surface area contributed by atoms with Crippen molar-refractivity contribution in [1.82, 2.24) is 0 Å². The third kappa shape index (κ3) is 2.01. The van der Waals surface area contributed by atoms with Crippen LogP contribution in [0.5, 0.6) is 0 Å². The molecule has 0 aromatic rings. The molecule has 0 saturated heterocycles. The number of nitrogens with two attached hydrogens (primary N) is 1. The van der Waals surface area contributed by atoms with Gasteiger partial charge in [-0.15, -0.1) is 11.6 Å². The Balaban J connectivity index is 3.04. The maximum atomic E-state index is 7.88. The van der Waals surface area contributed by atoms with E-state index in [9.17, 15) is 0 Å². The van der Waals surface area contributed by atoms with E-state index in [0.29, 0.717) is 0 Å². The Kier molecular flexibility index (Phi) is 2.82. The lowest BCUT2D eigenvalue weighted by Crippen LogP contribution is -2.18. The van der Waals surface area contributed by atoms with Gasteiger partial charge in [0.25, 0.3) is 0 Å². The minimum Gasteiger partial charge on any atom is -0.315 e. The molecule has 0 saturated carbocycles. The van der Waals surface area contributed by atoms with Gasteiger partial charge in [-0.3, -0.25) is 0 Å². The number of nitrogens with zero attached hydrogens (tertiary/aromatic N) is 1. The Morgan fingerprint density at radius 2 is 2.50 bits per heavy atom. The fourth-order valence-electron chi connectivity index (χ4n) is 0.0345. The van der Waals surface area contributed by atoms with Crippen LogP contribution in [0.4, 0.5) is 0 Å². The number of nitriles is 1. The van der Waals surface area contributed by atoms with Gasteiger partial charge in [-0.25, -0.2) is 0 Å². The van der Waals surface area contributed by atoms with Gasteiger partial charge in [-0.05, 0) is 0 Å². The molecule has 0 bridgehead atoms. The van der Waals surface area contributed by atoms with Gasteiger partial charge in [0.15, 0.2) is 0 Å². The second-order valence-electron chi connectivity index (χ2n) is 0.890. The third-order valence-corrected chi connectivity index (χ3v) is 0.665. The molecule has 1 atom stereocenters. The Morgan fingerprint density at radius 1 is 2.00 bits per heavy atom. The summed E-state index contributed by atoms with van der Waals surface area (Å²) in [5.41, 5.74) is 4.98. The lowest BCUT2D eigenvalue weighted by molar-refractivity contribution is 0.948. The van der Waals surface area contributed by atoms with Crippen molar-refractivity contribution in [3.8, 4) is 6.07 Å². The summed E-state index contributed by atoms with van der Waals surface area (Å²) >= 11 is 5.10. The molecular weight excluding hydrogens is 99.5 g/mol. The Hall–Kier alpha value is -0.260. The van der Waals surface area contributed by atoms with Crippen molar-refractivity contribution in [2.45, 2.75) is 6.04 Å². The smallest absolute Gasteiger partial charge is 0.106 e.